The van der Waals surface area contributed by atoms with E-state index in [1.54, 1.807) is 30.2 Å². The summed E-state index contributed by atoms with van der Waals surface area (Å²) in [5, 5.41) is 7.45. The van der Waals surface area contributed by atoms with Gasteiger partial charge in [-0.25, -0.2) is 4.39 Å². The van der Waals surface area contributed by atoms with Crippen molar-refractivity contribution in [2.75, 3.05) is 0 Å². The first-order valence-corrected chi connectivity index (χ1v) is 7.22. The van der Waals surface area contributed by atoms with Gasteiger partial charge in [0, 0.05) is 39.7 Å². The predicted octanol–water partition coefficient (Wildman–Crippen LogP) is 3.88. The second-order valence-corrected chi connectivity index (χ2v) is 5.61. The Morgan fingerprint density at radius 2 is 2.20 bits per heavy atom. The van der Waals surface area contributed by atoms with Crippen molar-refractivity contribution in [2.24, 2.45) is 0 Å². The van der Waals surface area contributed by atoms with E-state index in [0.717, 1.165) is 38.7 Å². The Morgan fingerprint density at radius 3 is 3.05 bits per heavy atom. The number of aromatic nitrogens is 3. The van der Waals surface area contributed by atoms with Gasteiger partial charge in [-0.1, -0.05) is 0 Å². The van der Waals surface area contributed by atoms with Gasteiger partial charge in [-0.2, -0.15) is 5.10 Å². The number of rotatable bonds is 1. The molecule has 20 heavy (non-hydrogen) atoms. The van der Waals surface area contributed by atoms with Gasteiger partial charge < -0.3 is 0 Å². The zero-order valence-corrected chi connectivity index (χ0v) is 11.2. The number of thioether (sulfide) groups is 1. The van der Waals surface area contributed by atoms with Crippen LogP contribution in [0, 0.1) is 5.82 Å². The summed E-state index contributed by atoms with van der Waals surface area (Å²) in [7, 11) is 0. The molecule has 3 nitrogen and oxygen atoms in total. The molecule has 0 saturated carbocycles. The summed E-state index contributed by atoms with van der Waals surface area (Å²) in [5.41, 5.74) is 4.79. The molecule has 1 aromatic carbocycles. The molecule has 0 fully saturated rings. The third-order valence-corrected chi connectivity index (χ3v) is 4.49. The van der Waals surface area contributed by atoms with E-state index in [-0.39, 0.29) is 5.82 Å². The van der Waals surface area contributed by atoms with Gasteiger partial charge in [-0.3, -0.25) is 10.1 Å². The number of benzene rings is 1. The predicted molar refractivity (Wildman–Crippen MR) is 76.8 cm³/mol. The van der Waals surface area contributed by atoms with Crippen LogP contribution in [0.25, 0.3) is 22.5 Å². The fourth-order valence-electron chi connectivity index (χ4n) is 2.44. The Bertz CT molecular complexity index is 783. The van der Waals surface area contributed by atoms with E-state index in [2.05, 4.69) is 15.2 Å². The van der Waals surface area contributed by atoms with Crippen molar-refractivity contribution in [1.29, 1.82) is 0 Å². The zero-order valence-electron chi connectivity index (χ0n) is 10.4. The van der Waals surface area contributed by atoms with Crippen LogP contribution in [0.15, 0.2) is 47.6 Å². The standard InChI is InChI=1S/C15H10FN3S/c16-10-3-4-13-11(6-10)15-12(8-20-13)14(18-19-15)9-2-1-5-17-7-9/h1-7H,8H2,(H,18,19). The van der Waals surface area contributed by atoms with E-state index in [9.17, 15) is 4.39 Å². The number of H-pyrrole nitrogens is 1. The van der Waals surface area contributed by atoms with Crippen LogP contribution in [0.5, 0.6) is 0 Å². The summed E-state index contributed by atoms with van der Waals surface area (Å²) in [6, 6.07) is 8.75. The topological polar surface area (TPSA) is 41.6 Å². The van der Waals surface area contributed by atoms with Gasteiger partial charge in [0.2, 0.25) is 0 Å². The van der Waals surface area contributed by atoms with Crippen LogP contribution in [-0.2, 0) is 5.75 Å². The molecule has 3 heterocycles. The number of halogens is 1. The third-order valence-electron chi connectivity index (χ3n) is 3.39. The van der Waals surface area contributed by atoms with Crippen LogP contribution >= 0.6 is 11.8 Å². The molecule has 0 bridgehead atoms. The lowest BCUT2D eigenvalue weighted by Crippen LogP contribution is -1.96. The lowest BCUT2D eigenvalue weighted by atomic mass is 10.0. The molecule has 0 amide bonds. The fraction of sp³-hybridized carbons (Fsp3) is 0.0667. The maximum absolute atomic E-state index is 13.5. The molecular formula is C15H10FN3S. The molecule has 98 valence electrons. The first-order valence-electron chi connectivity index (χ1n) is 6.23. The second kappa shape index (κ2) is 4.45. The SMILES string of the molecule is Fc1ccc2c(c1)-c1[nH]nc(-c3cccnc3)c1CS2. The highest BCUT2D eigenvalue weighted by Gasteiger charge is 2.23. The van der Waals surface area contributed by atoms with Gasteiger partial charge in [0.15, 0.2) is 0 Å². The number of nitrogens with one attached hydrogen (secondary N) is 1. The number of pyridine rings is 1. The van der Waals surface area contributed by atoms with Crippen molar-refractivity contribution in [3.05, 3.63) is 54.1 Å². The van der Waals surface area contributed by atoms with Crippen LogP contribution in [0.4, 0.5) is 4.39 Å². The summed E-state index contributed by atoms with van der Waals surface area (Å²) in [6.07, 6.45) is 3.53. The first kappa shape index (κ1) is 11.7. The quantitative estimate of drug-likeness (QED) is 0.736. The lowest BCUT2D eigenvalue weighted by Gasteiger charge is -2.15. The van der Waals surface area contributed by atoms with E-state index in [1.165, 1.54) is 6.07 Å². The van der Waals surface area contributed by atoms with Gasteiger partial charge in [-0.15, -0.1) is 11.8 Å². The van der Waals surface area contributed by atoms with Crippen molar-refractivity contribution in [3.8, 4) is 22.5 Å². The second-order valence-electron chi connectivity index (χ2n) is 4.60. The highest BCUT2D eigenvalue weighted by Crippen LogP contribution is 2.43. The Balaban J connectivity index is 1.91. The smallest absolute Gasteiger partial charge is 0.123 e. The number of aromatic amines is 1. The summed E-state index contributed by atoms with van der Waals surface area (Å²) in [5.74, 6) is 0.601. The van der Waals surface area contributed by atoms with E-state index in [4.69, 9.17) is 0 Å². The number of hydrogen-bond acceptors (Lipinski definition) is 3. The van der Waals surface area contributed by atoms with Gasteiger partial charge in [-0.05, 0) is 30.3 Å². The summed E-state index contributed by atoms with van der Waals surface area (Å²) < 4.78 is 13.5. The molecule has 3 aromatic rings. The van der Waals surface area contributed by atoms with Gasteiger partial charge in [0.1, 0.15) is 5.82 Å². The molecule has 0 aliphatic carbocycles. The van der Waals surface area contributed by atoms with E-state index >= 15 is 0 Å². The van der Waals surface area contributed by atoms with Crippen molar-refractivity contribution in [2.45, 2.75) is 10.6 Å². The molecular weight excluding hydrogens is 273 g/mol. The first-order chi connectivity index (χ1) is 9.83. The van der Waals surface area contributed by atoms with Crippen molar-refractivity contribution >= 4 is 11.8 Å². The fourth-order valence-corrected chi connectivity index (χ4v) is 3.51. The molecule has 4 rings (SSSR count). The highest BCUT2D eigenvalue weighted by atomic mass is 32.2. The number of hydrogen-bond donors (Lipinski definition) is 1. The molecule has 1 aliphatic rings. The average Bonchev–Trinajstić information content (AvgIpc) is 2.92. The normalized spacial score (nSPS) is 12.8. The Labute approximate surface area is 119 Å². The van der Waals surface area contributed by atoms with Gasteiger partial charge in [0.05, 0.1) is 11.4 Å². The van der Waals surface area contributed by atoms with E-state index in [0.29, 0.717) is 0 Å². The average molecular weight is 283 g/mol. The summed E-state index contributed by atoms with van der Waals surface area (Å²) in [6.45, 7) is 0. The van der Waals surface area contributed by atoms with Crippen LogP contribution in [-0.4, -0.2) is 15.2 Å². The Kier molecular flexibility index (Phi) is 2.60. The largest absolute Gasteiger partial charge is 0.277 e. The minimum atomic E-state index is -0.227. The summed E-state index contributed by atoms with van der Waals surface area (Å²) >= 11 is 1.71. The molecule has 2 aromatic heterocycles. The molecule has 0 radical (unpaired) electrons. The van der Waals surface area contributed by atoms with Crippen molar-refractivity contribution in [3.63, 3.8) is 0 Å². The third kappa shape index (κ3) is 1.74. The minimum absolute atomic E-state index is 0.227. The molecule has 0 atom stereocenters. The van der Waals surface area contributed by atoms with E-state index in [1.807, 2.05) is 18.2 Å². The number of fused-ring (bicyclic) bond motifs is 3. The van der Waals surface area contributed by atoms with Crippen LogP contribution in [0.1, 0.15) is 5.56 Å². The Morgan fingerprint density at radius 1 is 1.25 bits per heavy atom. The molecule has 0 saturated heterocycles. The highest BCUT2D eigenvalue weighted by molar-refractivity contribution is 7.98. The Hall–Kier alpha value is -2.14. The molecule has 1 N–H and O–H groups in total. The minimum Gasteiger partial charge on any atom is -0.277 e. The molecule has 0 spiro atoms. The van der Waals surface area contributed by atoms with Crippen LogP contribution in [0.2, 0.25) is 0 Å². The maximum atomic E-state index is 13.5. The molecule has 5 heteroatoms. The van der Waals surface area contributed by atoms with Crippen molar-refractivity contribution in [1.82, 2.24) is 15.2 Å². The maximum Gasteiger partial charge on any atom is 0.123 e. The monoisotopic (exact) mass is 283 g/mol. The summed E-state index contributed by atoms with van der Waals surface area (Å²) in [4.78, 5) is 5.21. The number of nitrogens with zero attached hydrogens (tertiary/aromatic N) is 2. The zero-order chi connectivity index (χ0) is 13.5. The molecule has 0 unspecified atom stereocenters. The lowest BCUT2D eigenvalue weighted by molar-refractivity contribution is 0.627. The van der Waals surface area contributed by atoms with Crippen LogP contribution < -0.4 is 0 Å². The van der Waals surface area contributed by atoms with Crippen molar-refractivity contribution < 1.29 is 4.39 Å². The van der Waals surface area contributed by atoms with Crippen LogP contribution in [0.3, 0.4) is 0 Å². The van der Waals surface area contributed by atoms with Gasteiger partial charge >= 0.3 is 0 Å². The van der Waals surface area contributed by atoms with Gasteiger partial charge in [0.25, 0.3) is 0 Å². The van der Waals surface area contributed by atoms with E-state index < -0.39 is 0 Å². The molecule has 1 aliphatic heterocycles.